The predicted octanol–water partition coefficient (Wildman–Crippen LogP) is 3.88. The molecule has 1 aromatic carbocycles. The lowest BCUT2D eigenvalue weighted by atomic mass is 10.3. The fourth-order valence-electron chi connectivity index (χ4n) is 2.08. The van der Waals surface area contributed by atoms with Crippen LogP contribution in [-0.2, 0) is 4.79 Å². The minimum atomic E-state index is -0.184. The Morgan fingerprint density at radius 3 is 2.87 bits per heavy atom. The van der Waals surface area contributed by atoms with E-state index in [9.17, 15) is 4.79 Å². The Balaban J connectivity index is 1.83. The average molecular weight is 328 g/mol. The number of amidine groups is 1. The van der Waals surface area contributed by atoms with E-state index in [1.165, 1.54) is 11.8 Å². The topological polar surface area (TPSA) is 63.8 Å². The first kappa shape index (κ1) is 15.4. The first-order chi connectivity index (χ1) is 11.2. The average Bonchev–Trinajstić information content (AvgIpc) is 3.08. The number of nitrogens with zero attached hydrogens (tertiary/aromatic N) is 1. The number of thioether (sulfide) groups is 1. The van der Waals surface area contributed by atoms with Crippen LogP contribution in [-0.4, -0.2) is 17.7 Å². The van der Waals surface area contributed by atoms with Crippen molar-refractivity contribution in [3.63, 3.8) is 0 Å². The highest BCUT2D eigenvalue weighted by Crippen LogP contribution is 2.32. The zero-order valence-electron chi connectivity index (χ0n) is 12.8. The Hall–Kier alpha value is -2.47. The van der Waals surface area contributed by atoms with E-state index >= 15 is 0 Å². The monoisotopic (exact) mass is 328 g/mol. The van der Waals surface area contributed by atoms with E-state index in [2.05, 4.69) is 10.3 Å². The number of para-hydroxylation sites is 2. The van der Waals surface area contributed by atoms with E-state index in [0.29, 0.717) is 33.9 Å². The number of aryl methyl sites for hydroxylation is 1. The molecule has 118 valence electrons. The van der Waals surface area contributed by atoms with Crippen LogP contribution in [0.5, 0.6) is 5.75 Å². The van der Waals surface area contributed by atoms with Gasteiger partial charge in [-0.05, 0) is 49.9 Å². The molecular weight excluding hydrogens is 312 g/mol. The number of nitrogens with one attached hydrogen (secondary N) is 1. The molecule has 1 aliphatic rings. The van der Waals surface area contributed by atoms with Gasteiger partial charge in [0.05, 0.1) is 11.5 Å². The normalized spacial score (nSPS) is 17.7. The highest BCUT2D eigenvalue weighted by atomic mass is 32.2. The van der Waals surface area contributed by atoms with Crippen LogP contribution in [0.15, 0.2) is 50.7 Å². The van der Waals surface area contributed by atoms with E-state index < -0.39 is 0 Å². The molecule has 0 aliphatic carbocycles. The van der Waals surface area contributed by atoms with Crippen molar-refractivity contribution in [2.75, 3.05) is 6.61 Å². The number of rotatable bonds is 4. The van der Waals surface area contributed by atoms with Gasteiger partial charge < -0.3 is 14.5 Å². The summed E-state index contributed by atoms with van der Waals surface area (Å²) in [7, 11) is 0. The van der Waals surface area contributed by atoms with Crippen LogP contribution in [0.2, 0.25) is 0 Å². The zero-order valence-corrected chi connectivity index (χ0v) is 13.6. The number of carbonyl (C=O) groups excluding carboxylic acids is 1. The largest absolute Gasteiger partial charge is 0.492 e. The second-order valence-corrected chi connectivity index (χ2v) is 5.86. The molecule has 1 aliphatic heterocycles. The number of hydrogen-bond donors (Lipinski definition) is 1. The van der Waals surface area contributed by atoms with Gasteiger partial charge in [0, 0.05) is 6.08 Å². The van der Waals surface area contributed by atoms with E-state index in [0.717, 1.165) is 5.76 Å². The summed E-state index contributed by atoms with van der Waals surface area (Å²) in [6.07, 6.45) is 1.71. The second-order valence-electron chi connectivity index (χ2n) is 4.83. The summed E-state index contributed by atoms with van der Waals surface area (Å²) >= 11 is 1.28. The Kier molecular flexibility index (Phi) is 4.52. The van der Waals surface area contributed by atoms with Gasteiger partial charge in [-0.1, -0.05) is 12.1 Å². The fourth-order valence-corrected chi connectivity index (χ4v) is 2.89. The molecule has 1 fully saturated rings. The molecule has 0 bridgehead atoms. The number of benzene rings is 1. The smallest absolute Gasteiger partial charge is 0.264 e. The van der Waals surface area contributed by atoms with Crippen molar-refractivity contribution < 1.29 is 13.9 Å². The lowest BCUT2D eigenvalue weighted by Gasteiger charge is -2.06. The van der Waals surface area contributed by atoms with Crippen molar-refractivity contribution in [3.8, 4) is 5.75 Å². The van der Waals surface area contributed by atoms with Crippen LogP contribution in [0.3, 0.4) is 0 Å². The predicted molar refractivity (Wildman–Crippen MR) is 91.9 cm³/mol. The summed E-state index contributed by atoms with van der Waals surface area (Å²) in [5, 5.41) is 3.28. The maximum atomic E-state index is 12.0. The minimum absolute atomic E-state index is 0.184. The van der Waals surface area contributed by atoms with Gasteiger partial charge in [-0.3, -0.25) is 4.79 Å². The highest BCUT2D eigenvalue weighted by Gasteiger charge is 2.24. The van der Waals surface area contributed by atoms with Gasteiger partial charge in [0.25, 0.3) is 5.91 Å². The molecule has 1 amide bonds. The van der Waals surface area contributed by atoms with Gasteiger partial charge in [-0.25, -0.2) is 4.99 Å². The van der Waals surface area contributed by atoms with Gasteiger partial charge in [-0.2, -0.15) is 0 Å². The molecule has 0 atom stereocenters. The summed E-state index contributed by atoms with van der Waals surface area (Å²) in [5.41, 5.74) is 0.687. The van der Waals surface area contributed by atoms with Crippen LogP contribution in [0.25, 0.3) is 6.08 Å². The molecule has 23 heavy (non-hydrogen) atoms. The van der Waals surface area contributed by atoms with Crippen molar-refractivity contribution in [1.82, 2.24) is 5.32 Å². The van der Waals surface area contributed by atoms with Crippen LogP contribution in [0.1, 0.15) is 18.4 Å². The van der Waals surface area contributed by atoms with Crippen molar-refractivity contribution in [3.05, 3.63) is 52.8 Å². The number of aliphatic imine (C=N–C) groups is 1. The Morgan fingerprint density at radius 2 is 2.13 bits per heavy atom. The number of ether oxygens (including phenoxy) is 1. The summed E-state index contributed by atoms with van der Waals surface area (Å²) in [6.45, 7) is 4.34. The molecule has 5 nitrogen and oxygen atoms in total. The molecule has 3 rings (SSSR count). The third kappa shape index (κ3) is 3.65. The minimum Gasteiger partial charge on any atom is -0.492 e. The molecule has 2 aromatic rings. The van der Waals surface area contributed by atoms with Crippen molar-refractivity contribution >= 4 is 34.6 Å². The first-order valence-electron chi connectivity index (χ1n) is 7.23. The van der Waals surface area contributed by atoms with Crippen LogP contribution < -0.4 is 10.1 Å². The third-order valence-corrected chi connectivity index (χ3v) is 3.98. The van der Waals surface area contributed by atoms with Gasteiger partial charge in [0.15, 0.2) is 5.17 Å². The van der Waals surface area contributed by atoms with Crippen molar-refractivity contribution in [2.24, 2.45) is 4.99 Å². The first-order valence-corrected chi connectivity index (χ1v) is 8.05. The number of hydrogen-bond acceptors (Lipinski definition) is 5. The molecule has 0 saturated carbocycles. The van der Waals surface area contributed by atoms with Crippen molar-refractivity contribution in [1.29, 1.82) is 0 Å². The lowest BCUT2D eigenvalue weighted by Crippen LogP contribution is -2.19. The molecule has 1 saturated heterocycles. The van der Waals surface area contributed by atoms with Crippen molar-refractivity contribution in [2.45, 2.75) is 13.8 Å². The SMILES string of the molecule is CCOc1ccccc1N=C1NC(=O)C(=Cc2ccc(C)o2)S1. The quantitative estimate of drug-likeness (QED) is 0.865. The molecular formula is C17H16N2O3S. The molecule has 0 unspecified atom stereocenters. The zero-order chi connectivity index (χ0) is 16.2. The number of carbonyl (C=O) groups is 1. The summed E-state index contributed by atoms with van der Waals surface area (Å²) in [4.78, 5) is 17.1. The van der Waals surface area contributed by atoms with Gasteiger partial charge in [0.1, 0.15) is 23.0 Å². The van der Waals surface area contributed by atoms with Crippen LogP contribution in [0, 0.1) is 6.92 Å². The lowest BCUT2D eigenvalue weighted by molar-refractivity contribution is -0.115. The van der Waals surface area contributed by atoms with Gasteiger partial charge >= 0.3 is 0 Å². The Labute approximate surface area is 138 Å². The Bertz CT molecular complexity index is 793. The number of furan rings is 1. The molecule has 6 heteroatoms. The van der Waals surface area contributed by atoms with E-state index in [4.69, 9.17) is 9.15 Å². The van der Waals surface area contributed by atoms with E-state index in [-0.39, 0.29) is 5.91 Å². The third-order valence-electron chi connectivity index (χ3n) is 3.07. The van der Waals surface area contributed by atoms with Gasteiger partial charge in [-0.15, -0.1) is 0 Å². The fraction of sp³-hybridized carbons (Fsp3) is 0.176. The molecule has 1 aromatic heterocycles. The summed E-state index contributed by atoms with van der Waals surface area (Å²) in [5.74, 6) is 1.96. The van der Waals surface area contributed by atoms with E-state index in [1.54, 1.807) is 6.08 Å². The highest BCUT2D eigenvalue weighted by molar-refractivity contribution is 8.18. The maximum Gasteiger partial charge on any atom is 0.264 e. The second kappa shape index (κ2) is 6.75. The molecule has 0 radical (unpaired) electrons. The Morgan fingerprint density at radius 1 is 1.30 bits per heavy atom. The standard InChI is InChI=1S/C17H16N2O3S/c1-3-21-14-7-5-4-6-13(14)18-17-19-16(20)15(23-17)10-12-9-8-11(2)22-12/h4-10H,3H2,1-2H3,(H,18,19,20). The van der Waals surface area contributed by atoms with Crippen LogP contribution in [0.4, 0.5) is 5.69 Å². The molecule has 0 spiro atoms. The summed E-state index contributed by atoms with van der Waals surface area (Å²) < 4.78 is 11.0. The molecule has 2 heterocycles. The van der Waals surface area contributed by atoms with Crippen LogP contribution >= 0.6 is 11.8 Å². The molecule has 1 N–H and O–H groups in total. The van der Waals surface area contributed by atoms with E-state index in [1.807, 2.05) is 50.2 Å². The summed E-state index contributed by atoms with van der Waals surface area (Å²) in [6, 6.07) is 11.2. The van der Waals surface area contributed by atoms with Gasteiger partial charge in [0.2, 0.25) is 0 Å². The maximum absolute atomic E-state index is 12.0. The number of amides is 1.